The van der Waals surface area contributed by atoms with Crippen molar-refractivity contribution in [3.05, 3.63) is 64.2 Å². The molecule has 3 aromatic heterocycles. The minimum Gasteiger partial charge on any atom is -0.377 e. The van der Waals surface area contributed by atoms with Crippen molar-refractivity contribution in [3.63, 3.8) is 0 Å². The van der Waals surface area contributed by atoms with Gasteiger partial charge in [-0.15, -0.1) is 0 Å². The number of imidazole rings is 1. The van der Waals surface area contributed by atoms with Crippen molar-refractivity contribution >= 4 is 11.6 Å². The van der Waals surface area contributed by atoms with E-state index in [1.54, 1.807) is 25.6 Å². The Balaban J connectivity index is 1.39. The lowest BCUT2D eigenvalue weighted by Crippen LogP contribution is -2.43. The molecule has 1 aliphatic carbocycles. The lowest BCUT2D eigenvalue weighted by molar-refractivity contribution is 0.0907. The Labute approximate surface area is 149 Å². The molecule has 1 amide bonds. The van der Waals surface area contributed by atoms with E-state index in [9.17, 15) is 9.59 Å². The number of hydrogen-bond donors (Lipinski definition) is 2. The van der Waals surface area contributed by atoms with E-state index >= 15 is 0 Å². The zero-order chi connectivity index (χ0) is 18.1. The summed E-state index contributed by atoms with van der Waals surface area (Å²) in [5.41, 5.74) is 1.97. The van der Waals surface area contributed by atoms with Crippen molar-refractivity contribution in [2.24, 2.45) is 0 Å². The highest BCUT2D eigenvalue weighted by Gasteiger charge is 2.33. The number of rotatable bonds is 5. The number of pyridine rings is 1. The van der Waals surface area contributed by atoms with Gasteiger partial charge in [0, 0.05) is 43.7 Å². The van der Waals surface area contributed by atoms with E-state index in [4.69, 9.17) is 4.74 Å². The monoisotopic (exact) mass is 353 g/mol. The Morgan fingerprint density at radius 2 is 2.27 bits per heavy atom. The van der Waals surface area contributed by atoms with E-state index in [2.05, 4.69) is 20.3 Å². The minimum atomic E-state index is -0.178. The largest absolute Gasteiger partial charge is 0.377 e. The van der Waals surface area contributed by atoms with Gasteiger partial charge < -0.3 is 19.4 Å². The number of amides is 1. The van der Waals surface area contributed by atoms with E-state index in [1.807, 2.05) is 16.7 Å². The number of nitrogens with one attached hydrogen (secondary N) is 2. The first-order valence-corrected chi connectivity index (χ1v) is 8.45. The molecule has 1 saturated carbocycles. The number of fused-ring (bicyclic) bond motifs is 1. The third-order valence-electron chi connectivity index (χ3n) is 4.63. The summed E-state index contributed by atoms with van der Waals surface area (Å²) in [5.74, 6) is 0.591. The topological polar surface area (TPSA) is 101 Å². The number of carbonyl (C=O) groups excluding carboxylic acids is 1. The van der Waals surface area contributed by atoms with Crippen molar-refractivity contribution < 1.29 is 9.53 Å². The van der Waals surface area contributed by atoms with Crippen LogP contribution in [0, 0.1) is 0 Å². The van der Waals surface area contributed by atoms with Crippen LogP contribution in [0.3, 0.4) is 0 Å². The number of nitrogens with zero attached hydrogens (tertiary/aromatic N) is 3. The molecule has 1 fully saturated rings. The molecular weight excluding hydrogens is 334 g/mol. The van der Waals surface area contributed by atoms with Gasteiger partial charge >= 0.3 is 0 Å². The zero-order valence-corrected chi connectivity index (χ0v) is 14.3. The molecule has 3 heterocycles. The number of H-pyrrole nitrogens is 1. The van der Waals surface area contributed by atoms with Gasteiger partial charge in [0.1, 0.15) is 18.1 Å². The fourth-order valence-electron chi connectivity index (χ4n) is 3.24. The molecule has 0 unspecified atom stereocenters. The first kappa shape index (κ1) is 16.5. The number of hydrogen-bond acceptors (Lipinski definition) is 5. The van der Waals surface area contributed by atoms with E-state index < -0.39 is 0 Å². The molecule has 0 spiro atoms. The van der Waals surface area contributed by atoms with Crippen molar-refractivity contribution in [2.45, 2.75) is 31.4 Å². The minimum absolute atomic E-state index is 0.0814. The second-order valence-corrected chi connectivity index (χ2v) is 6.50. The Morgan fingerprint density at radius 1 is 1.42 bits per heavy atom. The van der Waals surface area contributed by atoms with Crippen molar-refractivity contribution in [3.8, 4) is 0 Å². The van der Waals surface area contributed by atoms with Crippen molar-refractivity contribution in [2.75, 3.05) is 7.11 Å². The Kier molecular flexibility index (Phi) is 4.26. The molecule has 0 aromatic carbocycles. The van der Waals surface area contributed by atoms with Gasteiger partial charge in [0.15, 0.2) is 0 Å². The second-order valence-electron chi connectivity index (χ2n) is 6.50. The highest BCUT2D eigenvalue weighted by Crippen LogP contribution is 2.35. The predicted molar refractivity (Wildman–Crippen MR) is 94.0 cm³/mol. The van der Waals surface area contributed by atoms with Crippen LogP contribution >= 0.6 is 0 Å². The SMILES string of the molecule is COCc1nc(C2CC(NC(=O)c3ccc4nccn4c3)C2)cc(=O)[nH]1. The molecule has 8 nitrogen and oxygen atoms in total. The second kappa shape index (κ2) is 6.72. The van der Waals surface area contributed by atoms with Crippen molar-refractivity contribution in [1.29, 1.82) is 0 Å². The van der Waals surface area contributed by atoms with Crippen LogP contribution in [-0.4, -0.2) is 38.4 Å². The average molecular weight is 353 g/mol. The highest BCUT2D eigenvalue weighted by molar-refractivity contribution is 5.94. The summed E-state index contributed by atoms with van der Waals surface area (Å²) >= 11 is 0. The van der Waals surface area contributed by atoms with E-state index in [0.29, 0.717) is 11.4 Å². The molecule has 8 heteroatoms. The highest BCUT2D eigenvalue weighted by atomic mass is 16.5. The maximum Gasteiger partial charge on any atom is 0.252 e. The first-order chi connectivity index (χ1) is 12.6. The van der Waals surface area contributed by atoms with E-state index in [0.717, 1.165) is 24.2 Å². The van der Waals surface area contributed by atoms with Crippen LogP contribution in [0.25, 0.3) is 5.65 Å². The van der Waals surface area contributed by atoms with Crippen LogP contribution in [0.2, 0.25) is 0 Å². The van der Waals surface area contributed by atoms with Crippen LogP contribution < -0.4 is 10.9 Å². The maximum absolute atomic E-state index is 12.4. The third kappa shape index (κ3) is 3.23. The Morgan fingerprint density at radius 3 is 3.08 bits per heavy atom. The zero-order valence-electron chi connectivity index (χ0n) is 14.3. The number of methoxy groups -OCH3 is 1. The maximum atomic E-state index is 12.4. The van der Waals surface area contributed by atoms with Crippen molar-refractivity contribution in [1.82, 2.24) is 24.7 Å². The quantitative estimate of drug-likeness (QED) is 0.719. The summed E-state index contributed by atoms with van der Waals surface area (Å²) in [6, 6.07) is 5.19. The number of aromatic nitrogens is 4. The smallest absolute Gasteiger partial charge is 0.252 e. The van der Waals surface area contributed by atoms with Gasteiger partial charge in [-0.1, -0.05) is 0 Å². The normalized spacial score (nSPS) is 19.3. The van der Waals surface area contributed by atoms with Crippen LogP contribution in [0.1, 0.15) is 40.6 Å². The van der Waals surface area contributed by atoms with Gasteiger partial charge in [0.25, 0.3) is 11.5 Å². The summed E-state index contributed by atoms with van der Waals surface area (Å²) in [6.45, 7) is 0.271. The van der Waals surface area contributed by atoms with Crippen LogP contribution in [0.4, 0.5) is 0 Å². The molecular formula is C18H19N5O3. The molecule has 0 atom stereocenters. The Bertz CT molecular complexity index is 1000. The molecule has 2 N–H and O–H groups in total. The lowest BCUT2D eigenvalue weighted by Gasteiger charge is -2.35. The molecule has 0 saturated heterocycles. The fourth-order valence-corrected chi connectivity index (χ4v) is 3.24. The molecule has 26 heavy (non-hydrogen) atoms. The number of aromatic amines is 1. The van der Waals surface area contributed by atoms with Crippen LogP contribution in [-0.2, 0) is 11.3 Å². The summed E-state index contributed by atoms with van der Waals surface area (Å²) < 4.78 is 6.84. The van der Waals surface area contributed by atoms with Gasteiger partial charge in [-0.2, -0.15) is 0 Å². The number of carbonyl (C=O) groups is 1. The summed E-state index contributed by atoms with van der Waals surface area (Å²) in [6.07, 6.45) is 6.80. The van der Waals surface area contributed by atoms with Gasteiger partial charge in [0.2, 0.25) is 0 Å². The fraction of sp³-hybridized carbons (Fsp3) is 0.333. The first-order valence-electron chi connectivity index (χ1n) is 8.45. The van der Waals surface area contributed by atoms with Crippen LogP contribution in [0.5, 0.6) is 0 Å². The summed E-state index contributed by atoms with van der Waals surface area (Å²) in [5, 5.41) is 3.03. The van der Waals surface area contributed by atoms with E-state index in [1.165, 1.54) is 6.07 Å². The van der Waals surface area contributed by atoms with Crippen LogP contribution in [0.15, 0.2) is 41.6 Å². The molecule has 0 aliphatic heterocycles. The lowest BCUT2D eigenvalue weighted by atomic mass is 9.78. The molecule has 134 valence electrons. The standard InChI is InChI=1S/C18H19N5O3/c1-26-10-15-21-14(8-17(24)22-15)12-6-13(7-12)20-18(25)11-2-3-16-19-4-5-23(16)9-11/h2-5,8-9,12-13H,6-7,10H2,1H3,(H,20,25)(H,21,22,24). The number of ether oxygens (including phenoxy) is 1. The third-order valence-corrected chi connectivity index (χ3v) is 4.63. The molecule has 3 aromatic rings. The van der Waals surface area contributed by atoms with Gasteiger partial charge in [-0.3, -0.25) is 9.59 Å². The molecule has 1 aliphatic rings. The Hall–Kier alpha value is -3.00. The molecule has 4 rings (SSSR count). The summed E-state index contributed by atoms with van der Waals surface area (Å²) in [4.78, 5) is 35.4. The van der Waals surface area contributed by atoms with Gasteiger partial charge in [0.05, 0.1) is 11.3 Å². The predicted octanol–water partition coefficient (Wildman–Crippen LogP) is 1.24. The summed E-state index contributed by atoms with van der Waals surface area (Å²) in [7, 11) is 1.56. The van der Waals surface area contributed by atoms with Gasteiger partial charge in [-0.05, 0) is 25.0 Å². The molecule has 0 bridgehead atoms. The molecule has 0 radical (unpaired) electrons. The average Bonchev–Trinajstić information content (AvgIpc) is 3.04. The van der Waals surface area contributed by atoms with E-state index in [-0.39, 0.29) is 30.0 Å². The van der Waals surface area contributed by atoms with Gasteiger partial charge in [-0.25, -0.2) is 9.97 Å².